The van der Waals surface area contributed by atoms with Crippen LogP contribution in [0.5, 0.6) is 0 Å². The Balaban J connectivity index is 1.19. The van der Waals surface area contributed by atoms with Crippen molar-refractivity contribution in [1.29, 1.82) is 0 Å². The van der Waals surface area contributed by atoms with E-state index in [-0.39, 0.29) is 28.4 Å². The highest BCUT2D eigenvalue weighted by Gasteiger charge is 2.45. The van der Waals surface area contributed by atoms with Crippen molar-refractivity contribution in [3.8, 4) is 16.8 Å². The van der Waals surface area contributed by atoms with Crippen molar-refractivity contribution in [3.63, 3.8) is 0 Å². The van der Waals surface area contributed by atoms with Crippen LogP contribution in [0.4, 0.5) is 34.1 Å². The summed E-state index contributed by atoms with van der Waals surface area (Å²) in [4.78, 5) is 5.31. The zero-order chi connectivity index (χ0) is 52.8. The highest BCUT2D eigenvalue weighted by molar-refractivity contribution is 7.00. The Morgan fingerprint density at radius 2 is 0.711 bits per heavy atom. The van der Waals surface area contributed by atoms with Crippen LogP contribution in [-0.2, 0) is 21.7 Å². The van der Waals surface area contributed by atoms with Gasteiger partial charge < -0.3 is 14.4 Å². The molecule has 0 saturated carbocycles. The van der Waals surface area contributed by atoms with E-state index in [2.05, 4.69) is 292 Å². The van der Waals surface area contributed by atoms with Crippen LogP contribution < -0.4 is 26.2 Å². The number of anilines is 6. The van der Waals surface area contributed by atoms with Crippen LogP contribution in [-0.4, -0.2) is 11.3 Å². The molecule has 0 radical (unpaired) electrons. The number of fused-ring (bicyclic) bond motifs is 9. The third-order valence-electron chi connectivity index (χ3n) is 16.6. The lowest BCUT2D eigenvalue weighted by atomic mass is 9.33. The molecule has 374 valence electrons. The van der Waals surface area contributed by atoms with Crippen molar-refractivity contribution in [2.75, 3.05) is 9.80 Å². The lowest BCUT2D eigenvalue weighted by Gasteiger charge is -2.45. The number of rotatable bonds is 4. The average Bonchev–Trinajstić information content (AvgIpc) is 3.78. The largest absolute Gasteiger partial charge is 0.311 e. The van der Waals surface area contributed by atoms with Gasteiger partial charge in [0.2, 0.25) is 0 Å². The van der Waals surface area contributed by atoms with E-state index in [0.717, 1.165) is 5.69 Å². The summed E-state index contributed by atoms with van der Waals surface area (Å²) in [5, 5.41) is 7.46. The van der Waals surface area contributed by atoms with Gasteiger partial charge in [0.05, 0.1) is 11.0 Å². The predicted octanol–water partition coefficient (Wildman–Crippen LogP) is 18.0. The van der Waals surface area contributed by atoms with Gasteiger partial charge in [-0.1, -0.05) is 198 Å². The molecular weight excluding hydrogens is 918 g/mol. The van der Waals surface area contributed by atoms with Gasteiger partial charge in [0, 0.05) is 50.6 Å². The fourth-order valence-corrected chi connectivity index (χ4v) is 12.3. The van der Waals surface area contributed by atoms with Gasteiger partial charge >= 0.3 is 0 Å². The number of hydrogen-bond acceptors (Lipinski definition) is 2. The molecule has 0 fully saturated rings. The summed E-state index contributed by atoms with van der Waals surface area (Å²) in [6, 6.07) is 74.8. The Bertz CT molecular complexity index is 3910. The fraction of sp³-hybridized carbons (Fsp3) is 0.222. The third kappa shape index (κ3) is 7.78. The maximum Gasteiger partial charge on any atom is 0.252 e. The van der Waals surface area contributed by atoms with Gasteiger partial charge in [-0.15, -0.1) is 0 Å². The van der Waals surface area contributed by atoms with Gasteiger partial charge in [0.15, 0.2) is 0 Å². The molecule has 3 heterocycles. The summed E-state index contributed by atoms with van der Waals surface area (Å²) in [7, 11) is 0. The van der Waals surface area contributed by atoms with Crippen molar-refractivity contribution in [3.05, 3.63) is 216 Å². The van der Waals surface area contributed by atoms with E-state index in [0.29, 0.717) is 0 Å². The lowest BCUT2D eigenvalue weighted by molar-refractivity contribution is 0.568. The second-order valence-electron chi connectivity index (χ2n) is 26.0. The molecule has 0 bridgehead atoms. The summed E-state index contributed by atoms with van der Waals surface area (Å²) < 4.78 is 2.42. The molecule has 0 spiro atoms. The van der Waals surface area contributed by atoms with Gasteiger partial charge in [0.25, 0.3) is 6.71 Å². The van der Waals surface area contributed by atoms with E-state index in [4.69, 9.17) is 0 Å². The van der Waals surface area contributed by atoms with E-state index in [1.54, 1.807) is 0 Å². The van der Waals surface area contributed by atoms with Gasteiger partial charge in [-0.3, -0.25) is 0 Å². The lowest BCUT2D eigenvalue weighted by Crippen LogP contribution is -2.61. The standard InChI is InChI=1S/C72H68BN3/c1-69(2,3)51-39-52(70(4,5)6)42-56(41-51)75-64-35-47-24-18-16-22-45(47)33-60(64)73-61-34-46-23-17-19-25-48(46)36-65(61)76(57-43-53(71(7,8)9)40-54(44-57)72(10,11)12)67-38-50(37-66(75)68(67)73)49-30-31-63-59(32-49)58-28-20-21-29-62(58)74(63)55-26-14-13-15-27-55/h13-44H,1-12H3. The first kappa shape index (κ1) is 47.9. The highest BCUT2D eigenvalue weighted by Crippen LogP contribution is 2.50. The SMILES string of the molecule is CC(C)(C)c1cc(N2c3cc4ccccc4cc3B3c4cc5ccccc5cc4N(c4cc(C(C)(C)C)cc(C(C)(C)C)c4)c4cc(-c5ccc6c(c5)c5ccccc5n6-c5ccccc5)cc2c43)cc(C(C)(C)C)c1. The molecule has 4 heteroatoms. The molecule has 0 saturated heterocycles. The van der Waals surface area contributed by atoms with Gasteiger partial charge in [-0.05, 0) is 172 Å². The highest BCUT2D eigenvalue weighted by atomic mass is 15.2. The van der Waals surface area contributed by atoms with Crippen LogP contribution in [0.3, 0.4) is 0 Å². The molecule has 0 amide bonds. The second kappa shape index (κ2) is 16.8. The van der Waals surface area contributed by atoms with Crippen LogP contribution in [0.25, 0.3) is 60.2 Å². The number of nitrogens with zero attached hydrogens (tertiary/aromatic N) is 3. The molecule has 10 aromatic carbocycles. The summed E-state index contributed by atoms with van der Waals surface area (Å²) in [6.45, 7) is 28.2. The summed E-state index contributed by atoms with van der Waals surface area (Å²) in [5.41, 5.74) is 22.1. The molecule has 13 rings (SSSR count). The van der Waals surface area contributed by atoms with Crippen LogP contribution in [0.2, 0.25) is 0 Å². The zero-order valence-electron chi connectivity index (χ0n) is 46.4. The van der Waals surface area contributed by atoms with Crippen LogP contribution in [0.15, 0.2) is 194 Å². The van der Waals surface area contributed by atoms with Crippen LogP contribution in [0, 0.1) is 0 Å². The molecule has 11 aromatic rings. The first-order valence-corrected chi connectivity index (χ1v) is 27.4. The monoisotopic (exact) mass is 986 g/mol. The molecule has 2 aliphatic rings. The molecule has 3 nitrogen and oxygen atoms in total. The minimum Gasteiger partial charge on any atom is -0.311 e. The maximum absolute atomic E-state index is 2.65. The summed E-state index contributed by atoms with van der Waals surface area (Å²) in [6.07, 6.45) is 0. The van der Waals surface area contributed by atoms with Crippen molar-refractivity contribution in [1.82, 2.24) is 4.57 Å². The second-order valence-corrected chi connectivity index (χ2v) is 26.0. The van der Waals surface area contributed by atoms with E-state index in [9.17, 15) is 0 Å². The van der Waals surface area contributed by atoms with Crippen molar-refractivity contribution >= 4 is 101 Å². The Labute approximate surface area is 450 Å². The molecule has 0 atom stereocenters. The summed E-state index contributed by atoms with van der Waals surface area (Å²) >= 11 is 0. The Kier molecular flexibility index (Phi) is 10.6. The van der Waals surface area contributed by atoms with Gasteiger partial charge in [-0.25, -0.2) is 0 Å². The predicted molar refractivity (Wildman–Crippen MR) is 330 cm³/mol. The fourth-order valence-electron chi connectivity index (χ4n) is 12.3. The molecular formula is C72H68BN3. The van der Waals surface area contributed by atoms with Gasteiger partial charge in [-0.2, -0.15) is 0 Å². The smallest absolute Gasteiger partial charge is 0.252 e. The van der Waals surface area contributed by atoms with Gasteiger partial charge in [0.1, 0.15) is 0 Å². The van der Waals surface area contributed by atoms with E-state index < -0.39 is 0 Å². The average molecular weight is 986 g/mol. The van der Waals surface area contributed by atoms with E-state index in [1.807, 2.05) is 0 Å². The Morgan fingerprint density at radius 3 is 1.17 bits per heavy atom. The zero-order valence-corrected chi connectivity index (χ0v) is 46.4. The maximum atomic E-state index is 2.65. The van der Waals surface area contributed by atoms with Crippen molar-refractivity contribution in [2.45, 2.75) is 105 Å². The first-order valence-electron chi connectivity index (χ1n) is 27.4. The van der Waals surface area contributed by atoms with Crippen LogP contribution in [0.1, 0.15) is 105 Å². The number of aromatic nitrogens is 1. The minimum atomic E-state index is -0.0875. The topological polar surface area (TPSA) is 11.4 Å². The number of hydrogen-bond donors (Lipinski definition) is 0. The van der Waals surface area contributed by atoms with E-state index in [1.165, 1.54) is 127 Å². The molecule has 0 N–H and O–H groups in total. The van der Waals surface area contributed by atoms with Crippen molar-refractivity contribution in [2.24, 2.45) is 0 Å². The molecule has 2 aliphatic heterocycles. The molecule has 76 heavy (non-hydrogen) atoms. The summed E-state index contributed by atoms with van der Waals surface area (Å²) in [5.74, 6) is 0. The molecule has 0 aliphatic carbocycles. The normalized spacial score (nSPS) is 13.7. The third-order valence-corrected chi connectivity index (χ3v) is 16.6. The first-order chi connectivity index (χ1) is 36.2. The molecule has 0 unspecified atom stereocenters. The minimum absolute atomic E-state index is 0.0575. The van der Waals surface area contributed by atoms with Crippen molar-refractivity contribution < 1.29 is 0 Å². The Morgan fingerprint density at radius 1 is 0.303 bits per heavy atom. The van der Waals surface area contributed by atoms with E-state index >= 15 is 0 Å². The van der Waals surface area contributed by atoms with Crippen LogP contribution >= 0.6 is 0 Å². The molecule has 1 aromatic heterocycles. The number of benzene rings is 10. The number of para-hydroxylation sites is 2. The Hall–Kier alpha value is -7.82. The quantitative estimate of drug-likeness (QED) is 0.163.